The van der Waals surface area contributed by atoms with Gasteiger partial charge in [-0.3, -0.25) is 0 Å². The molecule has 5 atom stereocenters. The first-order chi connectivity index (χ1) is 7.69. The molecule has 0 aromatic heterocycles. The Morgan fingerprint density at radius 1 is 1.12 bits per heavy atom. The summed E-state index contributed by atoms with van der Waals surface area (Å²) in [5.41, 5.74) is 0. The molecule has 0 aromatic rings. The Balaban J connectivity index is 2.71. The van der Waals surface area contributed by atoms with Crippen molar-refractivity contribution in [1.29, 1.82) is 0 Å². The standard InChI is InChI=1S/C10H20O6/c1-12-5-6(13-2)7-8(14-3)9(15-4)10(11)16-7/h6-11H,5H2,1-4H3/t6-,7+,8+,9-,10+/m0/s1. The second-order valence-corrected chi connectivity index (χ2v) is 3.62. The topological polar surface area (TPSA) is 66.4 Å². The highest BCUT2D eigenvalue weighted by Crippen LogP contribution is 2.27. The molecular formula is C10H20O6. The van der Waals surface area contributed by atoms with Crippen LogP contribution in [0.5, 0.6) is 0 Å². The molecule has 6 nitrogen and oxygen atoms in total. The van der Waals surface area contributed by atoms with Crippen LogP contribution >= 0.6 is 0 Å². The number of hydrogen-bond donors (Lipinski definition) is 1. The molecule has 1 aliphatic rings. The third kappa shape index (κ3) is 2.71. The number of aliphatic hydroxyl groups is 1. The van der Waals surface area contributed by atoms with E-state index in [1.165, 1.54) is 7.11 Å². The number of methoxy groups -OCH3 is 4. The molecule has 96 valence electrons. The smallest absolute Gasteiger partial charge is 0.184 e. The lowest BCUT2D eigenvalue weighted by Crippen LogP contribution is -2.43. The lowest BCUT2D eigenvalue weighted by Gasteiger charge is -2.26. The zero-order chi connectivity index (χ0) is 12.1. The minimum Gasteiger partial charge on any atom is -0.382 e. The number of rotatable bonds is 6. The van der Waals surface area contributed by atoms with Crippen molar-refractivity contribution in [3.8, 4) is 0 Å². The molecule has 16 heavy (non-hydrogen) atoms. The minimum atomic E-state index is -1.01. The van der Waals surface area contributed by atoms with Crippen LogP contribution in [0.1, 0.15) is 0 Å². The summed E-state index contributed by atoms with van der Waals surface area (Å²) < 4.78 is 26.1. The average Bonchev–Trinajstić information content (AvgIpc) is 2.61. The van der Waals surface area contributed by atoms with Gasteiger partial charge < -0.3 is 28.8 Å². The second kappa shape index (κ2) is 6.48. The van der Waals surface area contributed by atoms with Gasteiger partial charge in [-0.2, -0.15) is 0 Å². The Kier molecular flexibility index (Phi) is 5.60. The van der Waals surface area contributed by atoms with Crippen molar-refractivity contribution < 1.29 is 28.8 Å². The highest BCUT2D eigenvalue weighted by Gasteiger charge is 2.48. The lowest BCUT2D eigenvalue weighted by atomic mass is 10.1. The van der Waals surface area contributed by atoms with Gasteiger partial charge in [-0.1, -0.05) is 0 Å². The van der Waals surface area contributed by atoms with Gasteiger partial charge in [0.15, 0.2) is 6.29 Å². The molecule has 1 saturated heterocycles. The van der Waals surface area contributed by atoms with Crippen LogP contribution in [-0.4, -0.2) is 70.9 Å². The van der Waals surface area contributed by atoms with Gasteiger partial charge in [0.2, 0.25) is 0 Å². The molecule has 1 fully saturated rings. The van der Waals surface area contributed by atoms with E-state index in [0.29, 0.717) is 6.61 Å². The first-order valence-electron chi connectivity index (χ1n) is 5.10. The van der Waals surface area contributed by atoms with Gasteiger partial charge in [0.05, 0.1) is 6.61 Å². The summed E-state index contributed by atoms with van der Waals surface area (Å²) in [6, 6.07) is 0. The summed E-state index contributed by atoms with van der Waals surface area (Å²) >= 11 is 0. The molecule has 0 spiro atoms. The molecule has 1 heterocycles. The highest BCUT2D eigenvalue weighted by atomic mass is 16.7. The Morgan fingerprint density at radius 2 is 1.75 bits per heavy atom. The van der Waals surface area contributed by atoms with Crippen molar-refractivity contribution in [2.24, 2.45) is 0 Å². The van der Waals surface area contributed by atoms with Crippen LogP contribution in [0.3, 0.4) is 0 Å². The highest BCUT2D eigenvalue weighted by molar-refractivity contribution is 4.92. The van der Waals surface area contributed by atoms with E-state index in [0.717, 1.165) is 0 Å². The Bertz CT molecular complexity index is 200. The predicted molar refractivity (Wildman–Crippen MR) is 55.1 cm³/mol. The van der Waals surface area contributed by atoms with Gasteiger partial charge >= 0.3 is 0 Å². The number of aliphatic hydroxyl groups excluding tert-OH is 1. The van der Waals surface area contributed by atoms with Crippen molar-refractivity contribution in [3.05, 3.63) is 0 Å². The maximum Gasteiger partial charge on any atom is 0.184 e. The van der Waals surface area contributed by atoms with Crippen molar-refractivity contribution in [3.63, 3.8) is 0 Å². The SMILES string of the molecule is COC[C@H](OC)[C@H]1O[C@@H](O)[C@@H](OC)[C@@H]1OC. The molecule has 0 amide bonds. The summed E-state index contributed by atoms with van der Waals surface area (Å²) in [4.78, 5) is 0. The maximum atomic E-state index is 9.65. The summed E-state index contributed by atoms with van der Waals surface area (Å²) in [7, 11) is 6.19. The van der Waals surface area contributed by atoms with Gasteiger partial charge in [0, 0.05) is 28.4 Å². The van der Waals surface area contributed by atoms with E-state index >= 15 is 0 Å². The summed E-state index contributed by atoms with van der Waals surface area (Å²) in [5.74, 6) is 0. The molecule has 1 aliphatic heterocycles. The first-order valence-corrected chi connectivity index (χ1v) is 5.10. The van der Waals surface area contributed by atoms with Crippen LogP contribution in [0.25, 0.3) is 0 Å². The van der Waals surface area contributed by atoms with Gasteiger partial charge in [-0.05, 0) is 0 Å². The van der Waals surface area contributed by atoms with Crippen LogP contribution in [0.4, 0.5) is 0 Å². The van der Waals surface area contributed by atoms with E-state index in [1.54, 1.807) is 21.3 Å². The molecular weight excluding hydrogens is 216 g/mol. The largest absolute Gasteiger partial charge is 0.382 e. The number of hydrogen-bond acceptors (Lipinski definition) is 6. The zero-order valence-corrected chi connectivity index (χ0v) is 10.1. The molecule has 0 aliphatic carbocycles. The Hall–Kier alpha value is -0.240. The van der Waals surface area contributed by atoms with E-state index in [2.05, 4.69) is 0 Å². The average molecular weight is 236 g/mol. The van der Waals surface area contributed by atoms with E-state index in [1.807, 2.05) is 0 Å². The van der Waals surface area contributed by atoms with E-state index in [9.17, 15) is 5.11 Å². The summed E-state index contributed by atoms with van der Waals surface area (Å²) in [6.45, 7) is 0.365. The Morgan fingerprint density at radius 3 is 2.19 bits per heavy atom. The monoisotopic (exact) mass is 236 g/mol. The van der Waals surface area contributed by atoms with Crippen molar-refractivity contribution in [2.75, 3.05) is 35.0 Å². The summed E-state index contributed by atoms with van der Waals surface area (Å²) in [5, 5.41) is 9.65. The quantitative estimate of drug-likeness (QED) is 0.664. The fraction of sp³-hybridized carbons (Fsp3) is 1.00. The Labute approximate surface area is 95.4 Å². The summed E-state index contributed by atoms with van der Waals surface area (Å²) in [6.07, 6.45) is -2.60. The van der Waals surface area contributed by atoms with E-state index in [-0.39, 0.29) is 12.2 Å². The fourth-order valence-electron chi connectivity index (χ4n) is 1.94. The molecule has 0 bridgehead atoms. The van der Waals surface area contributed by atoms with Crippen LogP contribution in [0, 0.1) is 0 Å². The molecule has 0 saturated carbocycles. The molecule has 0 unspecified atom stereocenters. The van der Waals surface area contributed by atoms with Crippen molar-refractivity contribution in [2.45, 2.75) is 30.7 Å². The molecule has 0 radical (unpaired) electrons. The third-order valence-corrected chi connectivity index (χ3v) is 2.77. The van der Waals surface area contributed by atoms with Crippen LogP contribution < -0.4 is 0 Å². The molecule has 1 N–H and O–H groups in total. The van der Waals surface area contributed by atoms with Crippen molar-refractivity contribution in [1.82, 2.24) is 0 Å². The number of ether oxygens (including phenoxy) is 5. The van der Waals surface area contributed by atoms with Gasteiger partial charge in [0.1, 0.15) is 24.4 Å². The first kappa shape index (κ1) is 13.8. The minimum absolute atomic E-state index is 0.301. The predicted octanol–water partition coefficient (Wildman–Crippen LogP) is -0.605. The lowest BCUT2D eigenvalue weighted by molar-refractivity contribution is -0.160. The fourth-order valence-corrected chi connectivity index (χ4v) is 1.94. The van der Waals surface area contributed by atoms with Crippen molar-refractivity contribution >= 4 is 0 Å². The molecule has 1 rings (SSSR count). The van der Waals surface area contributed by atoms with E-state index in [4.69, 9.17) is 23.7 Å². The second-order valence-electron chi connectivity index (χ2n) is 3.62. The molecule has 0 aromatic carbocycles. The zero-order valence-electron chi connectivity index (χ0n) is 10.1. The van der Waals surface area contributed by atoms with Gasteiger partial charge in [0.25, 0.3) is 0 Å². The third-order valence-electron chi connectivity index (χ3n) is 2.77. The van der Waals surface area contributed by atoms with Crippen LogP contribution in [0.15, 0.2) is 0 Å². The van der Waals surface area contributed by atoms with Crippen LogP contribution in [0.2, 0.25) is 0 Å². The van der Waals surface area contributed by atoms with Gasteiger partial charge in [-0.25, -0.2) is 0 Å². The van der Waals surface area contributed by atoms with Crippen LogP contribution in [-0.2, 0) is 23.7 Å². The normalized spacial score (nSPS) is 36.6. The van der Waals surface area contributed by atoms with Gasteiger partial charge in [-0.15, -0.1) is 0 Å². The maximum absolute atomic E-state index is 9.65. The molecule has 6 heteroatoms. The van der Waals surface area contributed by atoms with E-state index < -0.39 is 18.5 Å².